The highest BCUT2D eigenvalue weighted by atomic mass is 16.6. The van der Waals surface area contributed by atoms with Crippen molar-refractivity contribution in [2.75, 3.05) is 26.2 Å². The van der Waals surface area contributed by atoms with Crippen LogP contribution < -0.4 is 4.74 Å². The molecule has 4 nitrogen and oxygen atoms in total. The molecule has 1 aliphatic rings. The topological polar surface area (TPSA) is 38.8 Å². The van der Waals surface area contributed by atoms with Gasteiger partial charge < -0.3 is 9.47 Å². The molecule has 0 aliphatic carbocycles. The third-order valence-corrected chi connectivity index (χ3v) is 3.15. The Hall–Kier alpha value is -1.55. The molecule has 19 heavy (non-hydrogen) atoms. The molecule has 104 valence electrons. The van der Waals surface area contributed by atoms with Crippen LogP contribution in [0.25, 0.3) is 0 Å². The Balaban J connectivity index is 1.66. The highest BCUT2D eigenvalue weighted by molar-refractivity contribution is 5.71. The van der Waals surface area contributed by atoms with Crippen molar-refractivity contribution in [3.8, 4) is 5.75 Å². The van der Waals surface area contributed by atoms with Gasteiger partial charge in [0.05, 0.1) is 0 Å². The summed E-state index contributed by atoms with van der Waals surface area (Å²) in [4.78, 5) is 14.0. The van der Waals surface area contributed by atoms with Gasteiger partial charge in [-0.1, -0.05) is 18.2 Å². The molecule has 0 aromatic heterocycles. The molecule has 0 N–H and O–H groups in total. The zero-order chi connectivity index (χ0) is 13.5. The largest absolute Gasteiger partial charge is 0.482 e. The Bertz CT molecular complexity index is 388. The molecule has 0 radical (unpaired) electrons. The number of benzene rings is 1. The number of nitrogens with zero attached hydrogens (tertiary/aromatic N) is 1. The number of ether oxygens (including phenoxy) is 2. The van der Waals surface area contributed by atoms with E-state index in [-0.39, 0.29) is 18.7 Å². The summed E-state index contributed by atoms with van der Waals surface area (Å²) in [6.07, 6.45) is 2.42. The van der Waals surface area contributed by atoms with Crippen LogP contribution in [-0.2, 0) is 9.53 Å². The number of carbonyl (C=O) groups is 1. The molecule has 0 unspecified atom stereocenters. The van der Waals surface area contributed by atoms with Crippen molar-refractivity contribution in [1.29, 1.82) is 0 Å². The molecule has 1 fully saturated rings. The molecule has 1 saturated heterocycles. The van der Waals surface area contributed by atoms with E-state index >= 15 is 0 Å². The third kappa shape index (κ3) is 4.91. The predicted molar refractivity (Wildman–Crippen MR) is 73.2 cm³/mol. The maximum atomic E-state index is 11.6. The molecule has 1 aromatic rings. The summed E-state index contributed by atoms with van der Waals surface area (Å²) >= 11 is 0. The minimum atomic E-state index is -0.310. The SMILES string of the molecule is C[C@@H](CN1CCCC1)OC(=O)COc1ccccc1. The van der Waals surface area contributed by atoms with Gasteiger partial charge in [0, 0.05) is 6.54 Å². The fourth-order valence-corrected chi connectivity index (χ4v) is 2.28. The van der Waals surface area contributed by atoms with Gasteiger partial charge in [-0.15, -0.1) is 0 Å². The van der Waals surface area contributed by atoms with Gasteiger partial charge in [0.2, 0.25) is 0 Å². The van der Waals surface area contributed by atoms with Crippen LogP contribution in [0.15, 0.2) is 30.3 Å². The monoisotopic (exact) mass is 263 g/mol. The van der Waals surface area contributed by atoms with E-state index < -0.39 is 0 Å². The number of hydrogen-bond acceptors (Lipinski definition) is 4. The fraction of sp³-hybridized carbons (Fsp3) is 0.533. The highest BCUT2D eigenvalue weighted by Crippen LogP contribution is 2.10. The van der Waals surface area contributed by atoms with E-state index in [4.69, 9.17) is 9.47 Å². The number of carbonyl (C=O) groups excluding carboxylic acids is 1. The first-order valence-electron chi connectivity index (χ1n) is 6.84. The maximum Gasteiger partial charge on any atom is 0.344 e. The molecule has 4 heteroatoms. The molecular weight excluding hydrogens is 242 g/mol. The quantitative estimate of drug-likeness (QED) is 0.737. The first kappa shape index (κ1) is 13.9. The van der Waals surface area contributed by atoms with Crippen LogP contribution in [0.2, 0.25) is 0 Å². The van der Waals surface area contributed by atoms with Crippen LogP contribution in [0.3, 0.4) is 0 Å². The van der Waals surface area contributed by atoms with Crippen LogP contribution in [-0.4, -0.2) is 43.2 Å². The van der Waals surface area contributed by atoms with Gasteiger partial charge >= 0.3 is 5.97 Å². The number of likely N-dealkylation sites (tertiary alicyclic amines) is 1. The second-order valence-electron chi connectivity index (χ2n) is 4.91. The molecule has 0 bridgehead atoms. The average Bonchev–Trinajstić information content (AvgIpc) is 2.90. The van der Waals surface area contributed by atoms with Crippen LogP contribution in [0.4, 0.5) is 0 Å². The minimum absolute atomic E-state index is 0.0334. The van der Waals surface area contributed by atoms with Gasteiger partial charge in [0.1, 0.15) is 11.9 Å². The molecule has 0 saturated carbocycles. The van der Waals surface area contributed by atoms with Crippen molar-refractivity contribution in [3.05, 3.63) is 30.3 Å². The van der Waals surface area contributed by atoms with E-state index in [1.807, 2.05) is 37.3 Å². The summed E-state index contributed by atoms with van der Waals surface area (Å²) in [7, 11) is 0. The number of para-hydroxylation sites is 1. The lowest BCUT2D eigenvalue weighted by Gasteiger charge is -2.20. The second kappa shape index (κ2) is 7.14. The van der Waals surface area contributed by atoms with E-state index in [0.717, 1.165) is 19.6 Å². The van der Waals surface area contributed by atoms with E-state index in [0.29, 0.717) is 5.75 Å². The molecule has 1 aliphatic heterocycles. The lowest BCUT2D eigenvalue weighted by Crippen LogP contribution is -2.32. The molecule has 0 spiro atoms. The summed E-state index contributed by atoms with van der Waals surface area (Å²) < 4.78 is 10.7. The van der Waals surface area contributed by atoms with Gasteiger partial charge in [-0.05, 0) is 45.0 Å². The molecule has 1 heterocycles. The van der Waals surface area contributed by atoms with Gasteiger partial charge in [-0.25, -0.2) is 4.79 Å². The average molecular weight is 263 g/mol. The summed E-state index contributed by atoms with van der Waals surface area (Å²) in [5.41, 5.74) is 0. The lowest BCUT2D eigenvalue weighted by molar-refractivity contribution is -0.151. The highest BCUT2D eigenvalue weighted by Gasteiger charge is 2.17. The third-order valence-electron chi connectivity index (χ3n) is 3.15. The zero-order valence-corrected chi connectivity index (χ0v) is 11.4. The zero-order valence-electron chi connectivity index (χ0n) is 11.4. The lowest BCUT2D eigenvalue weighted by atomic mass is 10.3. The van der Waals surface area contributed by atoms with E-state index in [2.05, 4.69) is 4.90 Å². The summed E-state index contributed by atoms with van der Waals surface area (Å²) in [6, 6.07) is 9.29. The van der Waals surface area contributed by atoms with Crippen molar-refractivity contribution in [2.45, 2.75) is 25.9 Å². The Morgan fingerprint density at radius 2 is 1.95 bits per heavy atom. The van der Waals surface area contributed by atoms with Crippen LogP contribution in [0, 0.1) is 0 Å². The second-order valence-corrected chi connectivity index (χ2v) is 4.91. The molecule has 1 aromatic carbocycles. The maximum absolute atomic E-state index is 11.6. The van der Waals surface area contributed by atoms with Crippen molar-refractivity contribution < 1.29 is 14.3 Å². The normalized spacial score (nSPS) is 17.1. The van der Waals surface area contributed by atoms with E-state index in [9.17, 15) is 4.79 Å². The summed E-state index contributed by atoms with van der Waals surface area (Å²) in [5, 5.41) is 0. The van der Waals surface area contributed by atoms with Gasteiger partial charge in [-0.2, -0.15) is 0 Å². The van der Waals surface area contributed by atoms with Crippen LogP contribution >= 0.6 is 0 Å². The first-order valence-corrected chi connectivity index (χ1v) is 6.84. The predicted octanol–water partition coefficient (Wildman–Crippen LogP) is 2.09. The van der Waals surface area contributed by atoms with E-state index in [1.54, 1.807) is 0 Å². The Morgan fingerprint density at radius 3 is 2.63 bits per heavy atom. The Morgan fingerprint density at radius 1 is 1.26 bits per heavy atom. The van der Waals surface area contributed by atoms with Crippen molar-refractivity contribution in [3.63, 3.8) is 0 Å². The van der Waals surface area contributed by atoms with Gasteiger partial charge in [-0.3, -0.25) is 4.90 Å². The Labute approximate surface area is 114 Å². The van der Waals surface area contributed by atoms with Crippen molar-refractivity contribution in [2.24, 2.45) is 0 Å². The molecular formula is C15H21NO3. The van der Waals surface area contributed by atoms with Crippen molar-refractivity contribution in [1.82, 2.24) is 4.90 Å². The molecule has 1 atom stereocenters. The van der Waals surface area contributed by atoms with Crippen LogP contribution in [0.1, 0.15) is 19.8 Å². The smallest absolute Gasteiger partial charge is 0.344 e. The summed E-state index contributed by atoms with van der Waals surface area (Å²) in [5.74, 6) is 0.377. The number of rotatable bonds is 6. The molecule has 2 rings (SSSR count). The summed E-state index contributed by atoms with van der Waals surface area (Å²) in [6.45, 7) is 4.94. The number of hydrogen-bond donors (Lipinski definition) is 0. The Kier molecular flexibility index (Phi) is 5.21. The standard InChI is InChI=1S/C15H21NO3/c1-13(11-16-9-5-6-10-16)19-15(17)12-18-14-7-3-2-4-8-14/h2-4,7-8,13H,5-6,9-12H2,1H3/t13-/m0/s1. The van der Waals surface area contributed by atoms with E-state index in [1.165, 1.54) is 12.8 Å². The first-order chi connectivity index (χ1) is 9.24. The van der Waals surface area contributed by atoms with Gasteiger partial charge in [0.25, 0.3) is 0 Å². The minimum Gasteiger partial charge on any atom is -0.482 e. The van der Waals surface area contributed by atoms with Gasteiger partial charge in [0.15, 0.2) is 6.61 Å². The van der Waals surface area contributed by atoms with Crippen LogP contribution in [0.5, 0.6) is 5.75 Å². The molecule has 0 amide bonds. The number of esters is 1. The van der Waals surface area contributed by atoms with Crippen molar-refractivity contribution >= 4 is 5.97 Å². The fourth-order valence-electron chi connectivity index (χ4n) is 2.28.